The number of aryl methyl sites for hydroxylation is 1. The van der Waals surface area contributed by atoms with Crippen LogP contribution < -0.4 is 14.8 Å². The van der Waals surface area contributed by atoms with Crippen LogP contribution in [0.4, 0.5) is 5.69 Å². The van der Waals surface area contributed by atoms with E-state index in [1.54, 1.807) is 7.11 Å². The van der Waals surface area contributed by atoms with Gasteiger partial charge in [0.1, 0.15) is 0 Å². The molecule has 0 aliphatic carbocycles. The molecule has 2 aromatic rings. The first-order valence-electron chi connectivity index (χ1n) is 9.60. The van der Waals surface area contributed by atoms with Crippen LogP contribution >= 0.6 is 23.8 Å². The van der Waals surface area contributed by atoms with Crippen molar-refractivity contribution in [2.45, 2.75) is 40.2 Å². The number of methoxy groups -OCH3 is 1. The minimum Gasteiger partial charge on any atom is -0.493 e. The summed E-state index contributed by atoms with van der Waals surface area (Å²) < 4.78 is 11.2. The van der Waals surface area contributed by atoms with Crippen LogP contribution in [0.3, 0.4) is 0 Å². The van der Waals surface area contributed by atoms with Crippen LogP contribution in [0, 0.1) is 6.92 Å². The molecule has 2 aromatic carbocycles. The van der Waals surface area contributed by atoms with Gasteiger partial charge in [-0.3, -0.25) is 0 Å². The molecule has 0 aliphatic heterocycles. The minimum absolute atomic E-state index is 0.671. The topological polar surface area (TPSA) is 33.7 Å². The standard InChI is InChI=1S/C22H29ClN2O2S/c1-5-11-25(22(28)24-18-9-7-16(3)19(23)14-18)15-17-8-10-20(27-12-6-2)21(13-17)26-4/h7-10,13-14H,5-6,11-12,15H2,1-4H3,(H,24,28). The summed E-state index contributed by atoms with van der Waals surface area (Å²) in [6.45, 7) is 8.41. The summed E-state index contributed by atoms with van der Waals surface area (Å²) in [5, 5.41) is 4.70. The Bertz CT molecular complexity index is 798. The molecule has 28 heavy (non-hydrogen) atoms. The quantitative estimate of drug-likeness (QED) is 0.499. The molecule has 0 atom stereocenters. The van der Waals surface area contributed by atoms with Gasteiger partial charge < -0.3 is 19.7 Å². The van der Waals surface area contributed by atoms with Crippen LogP contribution in [0.2, 0.25) is 5.02 Å². The monoisotopic (exact) mass is 420 g/mol. The van der Waals surface area contributed by atoms with E-state index in [9.17, 15) is 0 Å². The summed E-state index contributed by atoms with van der Waals surface area (Å²) in [4.78, 5) is 2.14. The number of nitrogens with zero attached hydrogens (tertiary/aromatic N) is 1. The van der Waals surface area contributed by atoms with Gasteiger partial charge in [-0.15, -0.1) is 0 Å². The SMILES string of the molecule is CCCOc1ccc(CN(CCC)C(=S)Nc2ccc(C)c(Cl)c2)cc1OC. The van der Waals surface area contributed by atoms with Gasteiger partial charge >= 0.3 is 0 Å². The van der Waals surface area contributed by atoms with E-state index in [0.717, 1.165) is 52.7 Å². The van der Waals surface area contributed by atoms with Crippen LogP contribution in [0.1, 0.15) is 37.8 Å². The first-order valence-corrected chi connectivity index (χ1v) is 10.4. The summed E-state index contributed by atoms with van der Waals surface area (Å²) >= 11 is 11.9. The van der Waals surface area contributed by atoms with E-state index in [1.165, 1.54) is 0 Å². The molecule has 0 heterocycles. The van der Waals surface area contributed by atoms with Crippen molar-refractivity contribution in [3.05, 3.63) is 52.5 Å². The number of halogens is 1. The highest BCUT2D eigenvalue weighted by Crippen LogP contribution is 2.29. The number of ether oxygens (including phenoxy) is 2. The molecule has 2 rings (SSSR count). The molecule has 0 aliphatic rings. The van der Waals surface area contributed by atoms with Gasteiger partial charge in [0.05, 0.1) is 13.7 Å². The second-order valence-corrected chi connectivity index (χ2v) is 7.44. The van der Waals surface area contributed by atoms with Crippen LogP contribution in [0.5, 0.6) is 11.5 Å². The van der Waals surface area contributed by atoms with Crippen LogP contribution in [0.15, 0.2) is 36.4 Å². The molecule has 1 N–H and O–H groups in total. The first kappa shape index (κ1) is 22.3. The lowest BCUT2D eigenvalue weighted by Crippen LogP contribution is -2.34. The average Bonchev–Trinajstić information content (AvgIpc) is 2.69. The van der Waals surface area contributed by atoms with Crippen molar-refractivity contribution in [3.8, 4) is 11.5 Å². The van der Waals surface area contributed by atoms with Crippen molar-refractivity contribution in [3.63, 3.8) is 0 Å². The van der Waals surface area contributed by atoms with Crippen LogP contribution in [-0.4, -0.2) is 30.3 Å². The Balaban J connectivity index is 2.12. The highest BCUT2D eigenvalue weighted by Gasteiger charge is 2.13. The van der Waals surface area contributed by atoms with E-state index in [-0.39, 0.29) is 0 Å². The van der Waals surface area contributed by atoms with Gasteiger partial charge in [0.15, 0.2) is 16.6 Å². The van der Waals surface area contributed by atoms with Gasteiger partial charge in [0, 0.05) is 23.8 Å². The zero-order valence-electron chi connectivity index (χ0n) is 17.0. The second kappa shape index (κ2) is 11.1. The van der Waals surface area contributed by atoms with Gasteiger partial charge in [-0.1, -0.05) is 37.6 Å². The Kier molecular flexibility index (Phi) is 8.87. The van der Waals surface area contributed by atoms with Gasteiger partial charge in [0.25, 0.3) is 0 Å². The van der Waals surface area contributed by atoms with Crippen molar-refractivity contribution in [2.24, 2.45) is 0 Å². The summed E-state index contributed by atoms with van der Waals surface area (Å²) in [5.74, 6) is 1.51. The maximum atomic E-state index is 6.23. The highest BCUT2D eigenvalue weighted by atomic mass is 35.5. The van der Waals surface area contributed by atoms with Gasteiger partial charge in [-0.2, -0.15) is 0 Å². The zero-order valence-corrected chi connectivity index (χ0v) is 18.6. The minimum atomic E-state index is 0.671. The summed E-state index contributed by atoms with van der Waals surface area (Å²) in [7, 11) is 1.66. The number of nitrogens with one attached hydrogen (secondary N) is 1. The molecule has 0 saturated heterocycles. The fourth-order valence-electron chi connectivity index (χ4n) is 2.76. The van der Waals surface area contributed by atoms with Crippen LogP contribution in [-0.2, 0) is 6.54 Å². The fraction of sp³-hybridized carbons (Fsp3) is 0.409. The van der Waals surface area contributed by atoms with E-state index < -0.39 is 0 Å². The number of hydrogen-bond acceptors (Lipinski definition) is 3. The maximum Gasteiger partial charge on any atom is 0.173 e. The molecule has 0 aromatic heterocycles. The Morgan fingerprint density at radius 3 is 2.54 bits per heavy atom. The van der Waals surface area contributed by atoms with Gasteiger partial charge in [-0.25, -0.2) is 0 Å². The van der Waals surface area contributed by atoms with E-state index in [2.05, 4.69) is 30.1 Å². The molecule has 0 amide bonds. The summed E-state index contributed by atoms with van der Waals surface area (Å²) in [5.41, 5.74) is 3.05. The molecule has 0 bridgehead atoms. The largest absolute Gasteiger partial charge is 0.493 e. The Hall–Kier alpha value is -1.98. The smallest absolute Gasteiger partial charge is 0.173 e. The number of anilines is 1. The normalized spacial score (nSPS) is 10.5. The number of thiocarbonyl (C=S) groups is 1. The van der Waals surface area contributed by atoms with Crippen LogP contribution in [0.25, 0.3) is 0 Å². The fourth-order valence-corrected chi connectivity index (χ4v) is 3.21. The van der Waals surface area contributed by atoms with Gasteiger partial charge in [0.2, 0.25) is 0 Å². The molecular formula is C22H29ClN2O2S. The Labute approximate surface area is 178 Å². The lowest BCUT2D eigenvalue weighted by Gasteiger charge is -2.26. The molecule has 0 unspecified atom stereocenters. The molecule has 0 radical (unpaired) electrons. The average molecular weight is 421 g/mol. The van der Waals surface area contributed by atoms with E-state index in [1.807, 2.05) is 37.3 Å². The molecular weight excluding hydrogens is 392 g/mol. The molecule has 0 saturated carbocycles. The summed E-state index contributed by atoms with van der Waals surface area (Å²) in [6.07, 6.45) is 1.95. The molecule has 0 fully saturated rings. The van der Waals surface area contributed by atoms with Crippen molar-refractivity contribution >= 4 is 34.6 Å². The van der Waals surface area contributed by atoms with Gasteiger partial charge in [-0.05, 0) is 67.4 Å². The lowest BCUT2D eigenvalue weighted by atomic mass is 10.2. The molecule has 6 heteroatoms. The third-order valence-electron chi connectivity index (χ3n) is 4.27. The van der Waals surface area contributed by atoms with Crippen molar-refractivity contribution in [1.29, 1.82) is 0 Å². The Morgan fingerprint density at radius 2 is 1.89 bits per heavy atom. The molecule has 152 valence electrons. The number of rotatable bonds is 9. The number of hydrogen-bond donors (Lipinski definition) is 1. The summed E-state index contributed by atoms with van der Waals surface area (Å²) in [6, 6.07) is 11.9. The predicted octanol–water partition coefficient (Wildman–Crippen LogP) is 6.05. The number of benzene rings is 2. The van der Waals surface area contributed by atoms with Crippen molar-refractivity contribution in [2.75, 3.05) is 25.6 Å². The second-order valence-electron chi connectivity index (χ2n) is 6.65. The van der Waals surface area contributed by atoms with E-state index in [0.29, 0.717) is 18.3 Å². The third-order valence-corrected chi connectivity index (χ3v) is 5.03. The first-order chi connectivity index (χ1) is 13.5. The highest BCUT2D eigenvalue weighted by molar-refractivity contribution is 7.80. The van der Waals surface area contributed by atoms with E-state index >= 15 is 0 Å². The molecule has 0 spiro atoms. The van der Waals surface area contributed by atoms with E-state index in [4.69, 9.17) is 33.3 Å². The third kappa shape index (κ3) is 6.28. The van der Waals surface area contributed by atoms with Crippen molar-refractivity contribution < 1.29 is 9.47 Å². The maximum absolute atomic E-state index is 6.23. The predicted molar refractivity (Wildman–Crippen MR) is 122 cm³/mol. The van der Waals surface area contributed by atoms with Crippen molar-refractivity contribution in [1.82, 2.24) is 4.90 Å². The lowest BCUT2D eigenvalue weighted by molar-refractivity contribution is 0.293. The Morgan fingerprint density at radius 1 is 1.11 bits per heavy atom. The zero-order chi connectivity index (χ0) is 20.5. The molecule has 4 nitrogen and oxygen atoms in total.